The molecule has 1 aliphatic rings. The topological polar surface area (TPSA) is 55.1 Å². The Morgan fingerprint density at radius 1 is 1.39 bits per heavy atom. The highest BCUT2D eigenvalue weighted by Gasteiger charge is 2.45. The van der Waals surface area contributed by atoms with E-state index < -0.39 is 23.5 Å². The number of carbonyl (C=O) groups is 1. The molecular formula is C12H21F3N2O. The summed E-state index contributed by atoms with van der Waals surface area (Å²) in [7, 11) is 0. The van der Waals surface area contributed by atoms with Crippen molar-refractivity contribution in [2.75, 3.05) is 6.54 Å². The molecule has 1 rings (SSSR count). The van der Waals surface area contributed by atoms with E-state index in [0.29, 0.717) is 19.4 Å². The Kier molecular flexibility index (Phi) is 5.01. The Labute approximate surface area is 105 Å². The van der Waals surface area contributed by atoms with Gasteiger partial charge in [-0.15, -0.1) is 0 Å². The lowest BCUT2D eigenvalue weighted by Gasteiger charge is -2.41. The minimum Gasteiger partial charge on any atom is -0.370 e. The monoisotopic (exact) mass is 266 g/mol. The van der Waals surface area contributed by atoms with Gasteiger partial charge in [-0.3, -0.25) is 4.79 Å². The molecule has 3 N–H and O–H groups in total. The Bertz CT molecular complexity index is 284. The van der Waals surface area contributed by atoms with Crippen molar-refractivity contribution in [1.82, 2.24) is 5.32 Å². The van der Waals surface area contributed by atoms with Gasteiger partial charge in [-0.05, 0) is 38.6 Å². The normalized spacial score (nSPS) is 29.2. The second kappa shape index (κ2) is 5.91. The molecule has 0 bridgehead atoms. The molecule has 0 heterocycles. The highest BCUT2D eigenvalue weighted by molar-refractivity contribution is 5.75. The number of halogens is 3. The third-order valence-electron chi connectivity index (χ3n) is 3.67. The van der Waals surface area contributed by atoms with Gasteiger partial charge >= 0.3 is 6.18 Å². The number of hydrogen-bond acceptors (Lipinski definition) is 2. The minimum absolute atomic E-state index is 0.0769. The van der Waals surface area contributed by atoms with Crippen molar-refractivity contribution in [2.45, 2.75) is 57.2 Å². The van der Waals surface area contributed by atoms with Gasteiger partial charge in [0, 0.05) is 12.0 Å². The fraction of sp³-hybridized carbons (Fsp3) is 0.917. The van der Waals surface area contributed by atoms with Crippen LogP contribution in [-0.4, -0.2) is 24.2 Å². The molecule has 1 saturated carbocycles. The van der Waals surface area contributed by atoms with Crippen LogP contribution in [0, 0.1) is 5.92 Å². The van der Waals surface area contributed by atoms with Gasteiger partial charge in [0.1, 0.15) is 0 Å². The van der Waals surface area contributed by atoms with Crippen LogP contribution in [0.5, 0.6) is 0 Å². The molecule has 0 unspecified atom stereocenters. The fourth-order valence-corrected chi connectivity index (χ4v) is 2.64. The summed E-state index contributed by atoms with van der Waals surface area (Å²) < 4.78 is 37.8. The highest BCUT2D eigenvalue weighted by atomic mass is 19.4. The molecule has 0 radical (unpaired) electrons. The number of nitrogens with one attached hydrogen (secondary N) is 1. The third kappa shape index (κ3) is 4.15. The van der Waals surface area contributed by atoms with Crippen LogP contribution < -0.4 is 11.1 Å². The quantitative estimate of drug-likeness (QED) is 0.802. The fourth-order valence-electron chi connectivity index (χ4n) is 2.64. The van der Waals surface area contributed by atoms with Crippen LogP contribution in [0.2, 0.25) is 0 Å². The maximum Gasteiger partial charge on any atom is 0.391 e. The van der Waals surface area contributed by atoms with E-state index >= 15 is 0 Å². The minimum atomic E-state index is -4.12. The van der Waals surface area contributed by atoms with E-state index in [0.717, 1.165) is 6.42 Å². The molecule has 1 fully saturated rings. The third-order valence-corrected chi connectivity index (χ3v) is 3.67. The van der Waals surface area contributed by atoms with Crippen molar-refractivity contribution in [3.8, 4) is 0 Å². The molecule has 0 atom stereocenters. The van der Waals surface area contributed by atoms with E-state index in [4.69, 9.17) is 5.73 Å². The summed E-state index contributed by atoms with van der Waals surface area (Å²) in [6, 6.07) is 0. The number of amides is 1. The predicted molar refractivity (Wildman–Crippen MR) is 62.8 cm³/mol. The standard InChI is InChI=1S/C12H21F3N2O/c1-2-7-17-11(8-10(16)18)5-3-9(4-6-11)12(13,14)15/h9,17H,2-8H2,1H3,(H2,16,18). The van der Waals surface area contributed by atoms with E-state index in [1.165, 1.54) is 0 Å². The molecule has 0 aromatic heterocycles. The summed E-state index contributed by atoms with van der Waals surface area (Å²) in [5, 5.41) is 3.22. The molecule has 0 aromatic rings. The van der Waals surface area contributed by atoms with Crippen LogP contribution in [0.4, 0.5) is 13.2 Å². The molecule has 0 saturated heterocycles. The van der Waals surface area contributed by atoms with Crippen molar-refractivity contribution in [1.29, 1.82) is 0 Å². The lowest BCUT2D eigenvalue weighted by Crippen LogP contribution is -2.51. The Balaban J connectivity index is 2.63. The van der Waals surface area contributed by atoms with Crippen LogP contribution >= 0.6 is 0 Å². The molecule has 1 amide bonds. The molecule has 18 heavy (non-hydrogen) atoms. The van der Waals surface area contributed by atoms with Crippen LogP contribution in [0.15, 0.2) is 0 Å². The number of alkyl halides is 3. The average Bonchev–Trinajstić information content (AvgIpc) is 2.25. The molecule has 106 valence electrons. The Morgan fingerprint density at radius 3 is 2.33 bits per heavy atom. The molecule has 1 aliphatic carbocycles. The molecule has 0 spiro atoms. The van der Waals surface area contributed by atoms with Crippen molar-refractivity contribution >= 4 is 5.91 Å². The van der Waals surface area contributed by atoms with Crippen LogP contribution in [0.3, 0.4) is 0 Å². The van der Waals surface area contributed by atoms with Gasteiger partial charge < -0.3 is 11.1 Å². The van der Waals surface area contributed by atoms with Gasteiger partial charge in [0.2, 0.25) is 5.91 Å². The zero-order valence-corrected chi connectivity index (χ0v) is 10.6. The van der Waals surface area contributed by atoms with Crippen LogP contribution in [0.1, 0.15) is 45.4 Å². The first kappa shape index (κ1) is 15.3. The van der Waals surface area contributed by atoms with Gasteiger partial charge in [0.15, 0.2) is 0 Å². The van der Waals surface area contributed by atoms with Crippen molar-refractivity contribution in [2.24, 2.45) is 11.7 Å². The van der Waals surface area contributed by atoms with E-state index in [2.05, 4.69) is 5.32 Å². The number of nitrogens with two attached hydrogens (primary N) is 1. The Morgan fingerprint density at radius 2 is 1.94 bits per heavy atom. The summed E-state index contributed by atoms with van der Waals surface area (Å²) >= 11 is 0. The number of hydrogen-bond donors (Lipinski definition) is 2. The summed E-state index contributed by atoms with van der Waals surface area (Å²) in [4.78, 5) is 11.1. The van der Waals surface area contributed by atoms with Crippen molar-refractivity contribution < 1.29 is 18.0 Å². The second-order valence-corrected chi connectivity index (χ2v) is 5.17. The van der Waals surface area contributed by atoms with Crippen LogP contribution in [-0.2, 0) is 4.79 Å². The highest BCUT2D eigenvalue weighted by Crippen LogP contribution is 2.42. The van der Waals surface area contributed by atoms with E-state index in [-0.39, 0.29) is 19.3 Å². The Hall–Kier alpha value is -0.780. The first-order valence-corrected chi connectivity index (χ1v) is 6.39. The smallest absolute Gasteiger partial charge is 0.370 e. The maximum absolute atomic E-state index is 12.6. The van der Waals surface area contributed by atoms with Crippen LogP contribution in [0.25, 0.3) is 0 Å². The first-order valence-electron chi connectivity index (χ1n) is 6.39. The predicted octanol–water partition coefficient (Wildman–Crippen LogP) is 2.35. The molecule has 6 heteroatoms. The summed E-state index contributed by atoms with van der Waals surface area (Å²) in [5.74, 6) is -1.69. The number of carbonyl (C=O) groups excluding carboxylic acids is 1. The van der Waals surface area contributed by atoms with E-state index in [9.17, 15) is 18.0 Å². The number of rotatable bonds is 5. The SMILES string of the molecule is CCCNC1(CC(N)=O)CCC(C(F)(F)F)CC1. The van der Waals surface area contributed by atoms with Gasteiger partial charge in [0.25, 0.3) is 0 Å². The molecule has 0 aromatic carbocycles. The molecular weight excluding hydrogens is 245 g/mol. The summed E-state index contributed by atoms with van der Waals surface area (Å²) in [6.07, 6.45) is -2.24. The van der Waals surface area contributed by atoms with E-state index in [1.54, 1.807) is 0 Å². The second-order valence-electron chi connectivity index (χ2n) is 5.17. The lowest BCUT2D eigenvalue weighted by molar-refractivity contribution is -0.185. The summed E-state index contributed by atoms with van der Waals surface area (Å²) in [6.45, 7) is 2.68. The zero-order chi connectivity index (χ0) is 13.8. The zero-order valence-electron chi connectivity index (χ0n) is 10.6. The first-order chi connectivity index (χ1) is 8.29. The maximum atomic E-state index is 12.6. The lowest BCUT2D eigenvalue weighted by atomic mass is 9.74. The van der Waals surface area contributed by atoms with Gasteiger partial charge in [-0.1, -0.05) is 6.92 Å². The average molecular weight is 266 g/mol. The largest absolute Gasteiger partial charge is 0.391 e. The molecule has 0 aliphatic heterocycles. The number of primary amides is 1. The molecule has 3 nitrogen and oxygen atoms in total. The van der Waals surface area contributed by atoms with Crippen molar-refractivity contribution in [3.63, 3.8) is 0 Å². The van der Waals surface area contributed by atoms with Gasteiger partial charge in [0.05, 0.1) is 5.92 Å². The van der Waals surface area contributed by atoms with Gasteiger partial charge in [-0.25, -0.2) is 0 Å². The van der Waals surface area contributed by atoms with E-state index in [1.807, 2.05) is 6.92 Å². The van der Waals surface area contributed by atoms with Crippen molar-refractivity contribution in [3.05, 3.63) is 0 Å². The van der Waals surface area contributed by atoms with Gasteiger partial charge in [-0.2, -0.15) is 13.2 Å². The summed E-state index contributed by atoms with van der Waals surface area (Å²) in [5.41, 5.74) is 4.68.